The molecule has 1 heterocycles. The van der Waals surface area contributed by atoms with Crippen molar-refractivity contribution >= 4 is 5.91 Å². The van der Waals surface area contributed by atoms with Gasteiger partial charge in [0.05, 0.1) is 12.6 Å². The first-order chi connectivity index (χ1) is 10.3. The highest BCUT2D eigenvalue weighted by Crippen LogP contribution is 2.15. The predicted octanol–water partition coefficient (Wildman–Crippen LogP) is 1.72. The van der Waals surface area contributed by atoms with E-state index >= 15 is 0 Å². The number of piperazine rings is 1. The Morgan fingerprint density at radius 1 is 1.18 bits per heavy atom. The average molecular weight is 313 g/mol. The summed E-state index contributed by atoms with van der Waals surface area (Å²) in [7, 11) is 0. The van der Waals surface area contributed by atoms with Gasteiger partial charge in [-0.15, -0.1) is 0 Å². The largest absolute Gasteiger partial charge is 0.379 e. The van der Waals surface area contributed by atoms with Gasteiger partial charge in [-0.25, -0.2) is 0 Å². The Labute approximate surface area is 136 Å². The topological polar surface area (TPSA) is 44.8 Å². The lowest BCUT2D eigenvalue weighted by atomic mass is 10.1. The zero-order valence-corrected chi connectivity index (χ0v) is 15.3. The summed E-state index contributed by atoms with van der Waals surface area (Å²) >= 11 is 0. The van der Waals surface area contributed by atoms with Crippen molar-refractivity contribution in [3.05, 3.63) is 0 Å². The van der Waals surface area contributed by atoms with E-state index < -0.39 is 0 Å². The zero-order chi connectivity index (χ0) is 16.7. The first-order valence-corrected chi connectivity index (χ1v) is 8.68. The SMILES string of the molecule is CC(C)NC(=O)CN1[C@H](C)CN(CCCOC(C)C)C[C@@H]1C. The minimum Gasteiger partial charge on any atom is -0.379 e. The van der Waals surface area contributed by atoms with Crippen molar-refractivity contribution in [2.75, 3.05) is 32.8 Å². The van der Waals surface area contributed by atoms with Crippen LogP contribution in [0.5, 0.6) is 0 Å². The minimum atomic E-state index is 0.132. The fraction of sp³-hybridized carbons (Fsp3) is 0.941. The summed E-state index contributed by atoms with van der Waals surface area (Å²) in [4.78, 5) is 16.8. The number of hydrogen-bond acceptors (Lipinski definition) is 4. The van der Waals surface area contributed by atoms with E-state index in [9.17, 15) is 4.79 Å². The zero-order valence-electron chi connectivity index (χ0n) is 15.3. The molecule has 0 saturated carbocycles. The molecule has 0 bridgehead atoms. The number of carbonyl (C=O) groups excluding carboxylic acids is 1. The van der Waals surface area contributed by atoms with Crippen molar-refractivity contribution in [1.82, 2.24) is 15.1 Å². The van der Waals surface area contributed by atoms with Gasteiger partial charge < -0.3 is 15.0 Å². The summed E-state index contributed by atoms with van der Waals surface area (Å²) in [5.74, 6) is 0.132. The van der Waals surface area contributed by atoms with Crippen LogP contribution in [0.2, 0.25) is 0 Å². The Morgan fingerprint density at radius 3 is 2.27 bits per heavy atom. The third-order valence-corrected chi connectivity index (χ3v) is 4.02. The van der Waals surface area contributed by atoms with Gasteiger partial charge in [-0.3, -0.25) is 9.69 Å². The number of nitrogens with one attached hydrogen (secondary N) is 1. The molecule has 2 atom stereocenters. The van der Waals surface area contributed by atoms with Gasteiger partial charge in [0.2, 0.25) is 5.91 Å². The number of amides is 1. The molecule has 1 rings (SSSR count). The van der Waals surface area contributed by atoms with Gasteiger partial charge in [0.15, 0.2) is 0 Å². The Morgan fingerprint density at radius 2 is 1.77 bits per heavy atom. The molecule has 1 saturated heterocycles. The van der Waals surface area contributed by atoms with Crippen LogP contribution in [0.3, 0.4) is 0 Å². The number of hydrogen-bond donors (Lipinski definition) is 1. The van der Waals surface area contributed by atoms with Crippen molar-refractivity contribution < 1.29 is 9.53 Å². The Bertz CT molecular complexity index is 322. The van der Waals surface area contributed by atoms with Gasteiger partial charge >= 0.3 is 0 Å². The minimum absolute atomic E-state index is 0.132. The van der Waals surface area contributed by atoms with Crippen LogP contribution in [0.25, 0.3) is 0 Å². The highest BCUT2D eigenvalue weighted by atomic mass is 16.5. The van der Waals surface area contributed by atoms with Crippen LogP contribution in [0.1, 0.15) is 48.0 Å². The number of carbonyl (C=O) groups is 1. The van der Waals surface area contributed by atoms with E-state index in [2.05, 4.69) is 42.8 Å². The van der Waals surface area contributed by atoms with Crippen LogP contribution in [-0.2, 0) is 9.53 Å². The number of ether oxygens (including phenoxy) is 1. The van der Waals surface area contributed by atoms with Gasteiger partial charge in [-0.05, 0) is 48.0 Å². The maximum atomic E-state index is 12.0. The second kappa shape index (κ2) is 9.48. The van der Waals surface area contributed by atoms with Crippen LogP contribution in [0.15, 0.2) is 0 Å². The van der Waals surface area contributed by atoms with Crippen LogP contribution in [0.4, 0.5) is 0 Å². The molecule has 0 aromatic rings. The van der Waals surface area contributed by atoms with Crippen LogP contribution in [0, 0.1) is 0 Å². The highest BCUT2D eigenvalue weighted by Gasteiger charge is 2.30. The fourth-order valence-electron chi connectivity index (χ4n) is 3.10. The van der Waals surface area contributed by atoms with Gasteiger partial charge in [0, 0.05) is 44.4 Å². The smallest absolute Gasteiger partial charge is 0.234 e. The monoisotopic (exact) mass is 313 g/mol. The van der Waals surface area contributed by atoms with Gasteiger partial charge in [-0.2, -0.15) is 0 Å². The molecule has 0 spiro atoms. The number of nitrogens with zero attached hydrogens (tertiary/aromatic N) is 2. The first-order valence-electron chi connectivity index (χ1n) is 8.68. The van der Waals surface area contributed by atoms with Gasteiger partial charge in [0.25, 0.3) is 0 Å². The fourth-order valence-corrected chi connectivity index (χ4v) is 3.10. The van der Waals surface area contributed by atoms with Crippen LogP contribution in [-0.4, -0.2) is 72.7 Å². The molecule has 1 aliphatic rings. The molecular weight excluding hydrogens is 278 g/mol. The van der Waals surface area contributed by atoms with Crippen molar-refractivity contribution in [2.45, 2.75) is 72.2 Å². The van der Waals surface area contributed by atoms with Crippen molar-refractivity contribution in [1.29, 1.82) is 0 Å². The maximum Gasteiger partial charge on any atom is 0.234 e. The van der Waals surface area contributed by atoms with E-state index in [1.54, 1.807) is 0 Å². The lowest BCUT2D eigenvalue weighted by Crippen LogP contribution is -2.59. The molecule has 0 aromatic carbocycles. The molecule has 130 valence electrons. The molecule has 1 fully saturated rings. The Kier molecular flexibility index (Phi) is 8.36. The standard InChI is InChI=1S/C17H35N3O2/c1-13(2)18-17(21)12-20-15(5)10-19(11-16(20)6)8-7-9-22-14(3)4/h13-16H,7-12H2,1-6H3,(H,18,21)/t15-,16+. The summed E-state index contributed by atoms with van der Waals surface area (Å²) in [5, 5.41) is 2.98. The summed E-state index contributed by atoms with van der Waals surface area (Å²) in [6, 6.07) is 1.03. The molecule has 5 heteroatoms. The van der Waals surface area contributed by atoms with Crippen molar-refractivity contribution in [3.8, 4) is 0 Å². The Hall–Kier alpha value is -0.650. The summed E-state index contributed by atoms with van der Waals surface area (Å²) < 4.78 is 5.61. The summed E-state index contributed by atoms with van der Waals surface area (Å²) in [6.45, 7) is 17.1. The summed E-state index contributed by atoms with van der Waals surface area (Å²) in [6.07, 6.45) is 1.39. The predicted molar refractivity (Wildman–Crippen MR) is 91.1 cm³/mol. The van der Waals surface area contributed by atoms with E-state index in [1.165, 1.54) is 0 Å². The van der Waals surface area contributed by atoms with Gasteiger partial charge in [-0.1, -0.05) is 0 Å². The molecule has 0 aliphatic carbocycles. The van der Waals surface area contributed by atoms with Gasteiger partial charge in [0.1, 0.15) is 0 Å². The third-order valence-electron chi connectivity index (χ3n) is 4.02. The molecule has 22 heavy (non-hydrogen) atoms. The molecule has 1 amide bonds. The molecule has 0 radical (unpaired) electrons. The summed E-state index contributed by atoms with van der Waals surface area (Å²) in [5.41, 5.74) is 0. The lowest BCUT2D eigenvalue weighted by Gasteiger charge is -2.44. The van der Waals surface area contributed by atoms with E-state index in [0.29, 0.717) is 24.7 Å². The quantitative estimate of drug-likeness (QED) is 0.693. The van der Waals surface area contributed by atoms with Crippen molar-refractivity contribution in [2.24, 2.45) is 0 Å². The van der Waals surface area contributed by atoms with E-state index in [-0.39, 0.29) is 11.9 Å². The second-order valence-electron chi connectivity index (χ2n) is 7.13. The number of rotatable bonds is 8. The molecule has 0 aromatic heterocycles. The van der Waals surface area contributed by atoms with E-state index in [4.69, 9.17) is 4.74 Å². The highest BCUT2D eigenvalue weighted by molar-refractivity contribution is 5.78. The molecular formula is C17H35N3O2. The Balaban J connectivity index is 2.36. The normalized spacial score (nSPS) is 24.2. The second-order valence-corrected chi connectivity index (χ2v) is 7.13. The molecule has 1 aliphatic heterocycles. The van der Waals surface area contributed by atoms with E-state index in [0.717, 1.165) is 32.7 Å². The van der Waals surface area contributed by atoms with Crippen LogP contribution < -0.4 is 5.32 Å². The van der Waals surface area contributed by atoms with Crippen molar-refractivity contribution in [3.63, 3.8) is 0 Å². The molecule has 0 unspecified atom stereocenters. The van der Waals surface area contributed by atoms with E-state index in [1.807, 2.05) is 13.8 Å². The average Bonchev–Trinajstić information content (AvgIpc) is 2.38. The lowest BCUT2D eigenvalue weighted by molar-refractivity contribution is -0.124. The first kappa shape index (κ1) is 19.4. The van der Waals surface area contributed by atoms with Crippen LogP contribution >= 0.6 is 0 Å². The third kappa shape index (κ3) is 7.07. The maximum absolute atomic E-state index is 12.0. The molecule has 5 nitrogen and oxygen atoms in total. The molecule has 1 N–H and O–H groups in total.